The Morgan fingerprint density at radius 3 is 2.50 bits per heavy atom. The van der Waals surface area contributed by atoms with Crippen molar-refractivity contribution >= 4 is 17.5 Å². The molecule has 0 bridgehead atoms. The van der Waals surface area contributed by atoms with Gasteiger partial charge in [0.25, 0.3) is 5.91 Å². The summed E-state index contributed by atoms with van der Waals surface area (Å²) in [6.45, 7) is 2.08. The lowest BCUT2D eigenvalue weighted by Gasteiger charge is -2.25. The molecule has 0 spiro atoms. The molecule has 0 aliphatic carbocycles. The molecular formula is C24H25N5O3. The number of rotatable bonds is 5. The van der Waals surface area contributed by atoms with Crippen molar-refractivity contribution in [3.63, 3.8) is 0 Å². The average molecular weight is 431 g/mol. The van der Waals surface area contributed by atoms with E-state index in [2.05, 4.69) is 15.5 Å². The summed E-state index contributed by atoms with van der Waals surface area (Å²) in [6.07, 6.45) is 1.14. The van der Waals surface area contributed by atoms with Gasteiger partial charge in [0.15, 0.2) is 0 Å². The van der Waals surface area contributed by atoms with Gasteiger partial charge in [0, 0.05) is 31.7 Å². The summed E-state index contributed by atoms with van der Waals surface area (Å²) >= 11 is 0. The highest BCUT2D eigenvalue weighted by molar-refractivity contribution is 6.01. The van der Waals surface area contributed by atoms with E-state index in [1.807, 2.05) is 39.8 Å². The molecule has 2 aliphatic rings. The number of carbonyl (C=O) groups is 2. The summed E-state index contributed by atoms with van der Waals surface area (Å²) in [5.41, 5.74) is 1.70. The van der Waals surface area contributed by atoms with E-state index >= 15 is 0 Å². The summed E-state index contributed by atoms with van der Waals surface area (Å²) in [5.74, 6) is 2.35. The summed E-state index contributed by atoms with van der Waals surface area (Å²) < 4.78 is 7.06. The molecule has 2 aliphatic heterocycles. The number of carbonyl (C=O) groups excluding carboxylic acids is 2. The van der Waals surface area contributed by atoms with Crippen LogP contribution in [0.5, 0.6) is 5.75 Å². The molecule has 2 atom stereocenters. The first-order valence-electron chi connectivity index (χ1n) is 10.8. The predicted molar refractivity (Wildman–Crippen MR) is 118 cm³/mol. The average Bonchev–Trinajstić information content (AvgIpc) is 3.42. The first-order valence-corrected chi connectivity index (χ1v) is 10.8. The molecule has 5 rings (SSSR count). The van der Waals surface area contributed by atoms with Crippen LogP contribution in [-0.4, -0.2) is 51.7 Å². The number of aromatic nitrogens is 3. The predicted octanol–water partition coefficient (Wildman–Crippen LogP) is 2.41. The summed E-state index contributed by atoms with van der Waals surface area (Å²) in [6, 6.07) is 17.0. The maximum Gasteiger partial charge on any atom is 0.293 e. The third-order valence-corrected chi connectivity index (χ3v) is 6.37. The lowest BCUT2D eigenvalue weighted by atomic mass is 9.89. The molecule has 164 valence electrons. The fourth-order valence-electron chi connectivity index (χ4n) is 4.64. The highest BCUT2D eigenvalue weighted by atomic mass is 16.5. The number of likely N-dealkylation sites (tertiary alicyclic amines) is 1. The van der Waals surface area contributed by atoms with Crippen LogP contribution in [0.2, 0.25) is 0 Å². The molecule has 3 heterocycles. The molecule has 0 unspecified atom stereocenters. The standard InChI is InChI=1S/C24H25N5O3/c1-32-20-9-7-19(8-10-20)25-24(31)23-27-26-21-12-17-13-28(14-18(17)15-29(21)23)22(30)11-16-5-3-2-4-6-16/h2-10,17-18H,11-15H2,1H3,(H,25,31)/t17-,18-/m1/s1. The summed E-state index contributed by atoms with van der Waals surface area (Å²) in [4.78, 5) is 27.6. The van der Waals surface area contributed by atoms with Gasteiger partial charge in [-0.1, -0.05) is 30.3 Å². The number of nitrogens with zero attached hydrogens (tertiary/aromatic N) is 4. The van der Waals surface area contributed by atoms with Gasteiger partial charge in [-0.3, -0.25) is 9.59 Å². The highest BCUT2D eigenvalue weighted by Gasteiger charge is 2.40. The van der Waals surface area contributed by atoms with Gasteiger partial charge in [-0.05, 0) is 41.7 Å². The van der Waals surface area contributed by atoms with Gasteiger partial charge in [-0.25, -0.2) is 0 Å². The Morgan fingerprint density at radius 1 is 1.00 bits per heavy atom. The number of methoxy groups -OCH3 is 1. The van der Waals surface area contributed by atoms with E-state index in [-0.39, 0.29) is 11.8 Å². The molecule has 8 nitrogen and oxygen atoms in total. The molecule has 0 saturated carbocycles. The SMILES string of the molecule is COc1ccc(NC(=O)c2nnc3n2C[C@H]2CN(C(=O)Cc4ccccc4)C[C@H]2C3)cc1. The van der Waals surface area contributed by atoms with Crippen molar-refractivity contribution in [1.82, 2.24) is 19.7 Å². The van der Waals surface area contributed by atoms with Crippen LogP contribution < -0.4 is 10.1 Å². The van der Waals surface area contributed by atoms with E-state index in [0.29, 0.717) is 42.9 Å². The van der Waals surface area contributed by atoms with E-state index in [1.165, 1.54) is 0 Å². The second kappa shape index (κ2) is 8.45. The fourth-order valence-corrected chi connectivity index (χ4v) is 4.64. The Hall–Kier alpha value is -3.68. The van der Waals surface area contributed by atoms with Crippen molar-refractivity contribution in [2.24, 2.45) is 11.8 Å². The molecule has 8 heteroatoms. The minimum atomic E-state index is -0.289. The Morgan fingerprint density at radius 2 is 1.75 bits per heavy atom. The van der Waals surface area contributed by atoms with Gasteiger partial charge < -0.3 is 19.5 Å². The number of anilines is 1. The van der Waals surface area contributed by atoms with E-state index in [0.717, 1.165) is 30.1 Å². The molecule has 1 saturated heterocycles. The van der Waals surface area contributed by atoms with Crippen LogP contribution in [0.1, 0.15) is 22.0 Å². The zero-order chi connectivity index (χ0) is 22.1. The molecule has 1 fully saturated rings. The van der Waals surface area contributed by atoms with Gasteiger partial charge in [0.2, 0.25) is 11.7 Å². The van der Waals surface area contributed by atoms with Crippen LogP contribution in [0.4, 0.5) is 5.69 Å². The normalized spacial score (nSPS) is 19.2. The molecule has 32 heavy (non-hydrogen) atoms. The molecular weight excluding hydrogens is 406 g/mol. The van der Waals surface area contributed by atoms with Gasteiger partial charge in [0.05, 0.1) is 13.5 Å². The number of amides is 2. The monoisotopic (exact) mass is 431 g/mol. The van der Waals surface area contributed by atoms with E-state index in [9.17, 15) is 9.59 Å². The Kier molecular flexibility index (Phi) is 5.34. The zero-order valence-electron chi connectivity index (χ0n) is 17.9. The van der Waals surface area contributed by atoms with Gasteiger partial charge in [-0.2, -0.15) is 0 Å². The van der Waals surface area contributed by atoms with Crippen molar-refractivity contribution < 1.29 is 14.3 Å². The topological polar surface area (TPSA) is 89.3 Å². The van der Waals surface area contributed by atoms with Crippen molar-refractivity contribution in [3.8, 4) is 5.75 Å². The van der Waals surface area contributed by atoms with Crippen molar-refractivity contribution in [2.75, 3.05) is 25.5 Å². The number of fused-ring (bicyclic) bond motifs is 2. The quantitative estimate of drug-likeness (QED) is 0.670. The van der Waals surface area contributed by atoms with Gasteiger partial charge in [0.1, 0.15) is 11.6 Å². The van der Waals surface area contributed by atoms with Crippen molar-refractivity contribution in [3.05, 3.63) is 71.8 Å². The van der Waals surface area contributed by atoms with Crippen LogP contribution in [0.25, 0.3) is 0 Å². The summed E-state index contributed by atoms with van der Waals surface area (Å²) in [5, 5.41) is 11.3. The molecule has 1 N–H and O–H groups in total. The number of ether oxygens (including phenoxy) is 1. The molecule has 2 aromatic carbocycles. The highest BCUT2D eigenvalue weighted by Crippen LogP contribution is 2.33. The van der Waals surface area contributed by atoms with E-state index in [4.69, 9.17) is 4.74 Å². The third kappa shape index (κ3) is 3.95. The number of nitrogens with one attached hydrogen (secondary N) is 1. The smallest absolute Gasteiger partial charge is 0.293 e. The fraction of sp³-hybridized carbons (Fsp3) is 0.333. The van der Waals surface area contributed by atoms with E-state index < -0.39 is 0 Å². The van der Waals surface area contributed by atoms with Crippen LogP contribution in [0, 0.1) is 11.8 Å². The maximum absolute atomic E-state index is 12.8. The number of benzene rings is 2. The molecule has 2 amide bonds. The van der Waals surface area contributed by atoms with Crippen LogP contribution in [-0.2, 0) is 24.2 Å². The van der Waals surface area contributed by atoms with Crippen molar-refractivity contribution in [2.45, 2.75) is 19.4 Å². The largest absolute Gasteiger partial charge is 0.497 e. The first-order chi connectivity index (χ1) is 15.6. The second-order valence-electron chi connectivity index (χ2n) is 8.42. The maximum atomic E-state index is 12.8. The first kappa shape index (κ1) is 20.2. The molecule has 1 aromatic heterocycles. The van der Waals surface area contributed by atoms with Crippen LogP contribution >= 0.6 is 0 Å². The second-order valence-corrected chi connectivity index (χ2v) is 8.42. The lowest BCUT2D eigenvalue weighted by molar-refractivity contribution is -0.129. The number of hydrogen-bond acceptors (Lipinski definition) is 5. The third-order valence-electron chi connectivity index (χ3n) is 6.37. The Labute approximate surface area is 186 Å². The zero-order valence-corrected chi connectivity index (χ0v) is 17.9. The summed E-state index contributed by atoms with van der Waals surface area (Å²) in [7, 11) is 1.60. The Balaban J connectivity index is 1.25. The molecule has 0 radical (unpaired) electrons. The number of hydrogen-bond donors (Lipinski definition) is 1. The lowest BCUT2D eigenvalue weighted by Crippen LogP contribution is -2.31. The van der Waals surface area contributed by atoms with Gasteiger partial charge in [-0.15, -0.1) is 10.2 Å². The Bertz CT molecular complexity index is 1130. The van der Waals surface area contributed by atoms with Crippen molar-refractivity contribution in [1.29, 1.82) is 0 Å². The molecule has 3 aromatic rings. The van der Waals surface area contributed by atoms with Crippen LogP contribution in [0.3, 0.4) is 0 Å². The minimum Gasteiger partial charge on any atom is -0.497 e. The van der Waals surface area contributed by atoms with Crippen LogP contribution in [0.15, 0.2) is 54.6 Å². The minimum absolute atomic E-state index is 0.152. The van der Waals surface area contributed by atoms with E-state index in [1.54, 1.807) is 31.4 Å². The van der Waals surface area contributed by atoms with Gasteiger partial charge >= 0.3 is 0 Å².